The van der Waals surface area contributed by atoms with E-state index in [4.69, 9.17) is 23.2 Å². The number of benzene rings is 1. The summed E-state index contributed by atoms with van der Waals surface area (Å²) >= 11 is 12.0. The Morgan fingerprint density at radius 2 is 1.82 bits per heavy atom. The fraction of sp³-hybridized carbons (Fsp3) is 0.500. The Hall–Kier alpha value is -1.10. The van der Waals surface area contributed by atoms with Gasteiger partial charge in [-0.15, -0.1) is 0 Å². The van der Waals surface area contributed by atoms with E-state index < -0.39 is 0 Å². The van der Waals surface area contributed by atoms with E-state index in [-0.39, 0.29) is 5.91 Å². The molecule has 0 N–H and O–H groups in total. The smallest absolute Gasteiger partial charge is 0.242 e. The molecule has 0 spiro atoms. The molecule has 3 rings (SSSR count). The average Bonchev–Trinajstić information content (AvgIpc) is 2.51. The number of carbonyl (C=O) groups is 1. The van der Waals surface area contributed by atoms with Gasteiger partial charge in [0.1, 0.15) is 0 Å². The Balaban J connectivity index is 1.69. The zero-order chi connectivity index (χ0) is 15.5. The fourth-order valence-electron chi connectivity index (χ4n) is 2.97. The van der Waals surface area contributed by atoms with Gasteiger partial charge in [0.15, 0.2) is 0 Å². The Morgan fingerprint density at radius 1 is 1.05 bits per heavy atom. The second-order valence-corrected chi connectivity index (χ2v) is 6.58. The number of piperidine rings is 2. The van der Waals surface area contributed by atoms with Gasteiger partial charge in [0.25, 0.3) is 0 Å². The van der Waals surface area contributed by atoms with Gasteiger partial charge in [0.05, 0.1) is 17.1 Å². The standard InChI is InChI=1S/C16H19Cl2N3O/c17-12-4-5-15(14(18)10-12)19-13-6-9-21(16(22)11-13)20-7-2-1-3-8-20/h4-5,10H,1-3,6-9,11H2. The summed E-state index contributed by atoms with van der Waals surface area (Å²) in [6, 6.07) is 5.23. The van der Waals surface area contributed by atoms with Crippen molar-refractivity contribution >= 4 is 40.5 Å². The molecule has 0 radical (unpaired) electrons. The molecule has 118 valence electrons. The average molecular weight is 340 g/mol. The van der Waals surface area contributed by atoms with Crippen LogP contribution in [0.25, 0.3) is 0 Å². The lowest BCUT2D eigenvalue weighted by atomic mass is 10.1. The molecular formula is C16H19Cl2N3O. The molecule has 2 heterocycles. The highest BCUT2D eigenvalue weighted by Crippen LogP contribution is 2.29. The number of hydrazine groups is 1. The largest absolute Gasteiger partial charge is 0.275 e. The molecule has 4 nitrogen and oxygen atoms in total. The van der Waals surface area contributed by atoms with E-state index in [1.165, 1.54) is 19.3 Å². The summed E-state index contributed by atoms with van der Waals surface area (Å²) in [6.07, 6.45) is 4.77. The third-order valence-corrected chi connectivity index (χ3v) is 4.66. The molecule has 0 saturated carbocycles. The Kier molecular flexibility index (Phi) is 5.01. The van der Waals surface area contributed by atoms with Crippen molar-refractivity contribution in [1.82, 2.24) is 10.0 Å². The minimum Gasteiger partial charge on any atom is -0.275 e. The Labute approximate surface area is 140 Å². The van der Waals surface area contributed by atoms with Crippen molar-refractivity contribution in [1.29, 1.82) is 0 Å². The summed E-state index contributed by atoms with van der Waals surface area (Å²) in [5.41, 5.74) is 1.57. The SMILES string of the molecule is O=C1CC(=Nc2ccc(Cl)cc2Cl)CCN1N1CCCCC1. The summed E-state index contributed by atoms with van der Waals surface area (Å²) in [5, 5.41) is 5.20. The lowest BCUT2D eigenvalue weighted by molar-refractivity contribution is -0.150. The van der Waals surface area contributed by atoms with Gasteiger partial charge >= 0.3 is 0 Å². The normalized spacial score (nSPS) is 22.4. The molecule has 1 aromatic carbocycles. The molecule has 0 atom stereocenters. The number of nitrogens with zero attached hydrogens (tertiary/aromatic N) is 3. The van der Waals surface area contributed by atoms with Gasteiger partial charge in [-0.3, -0.25) is 14.8 Å². The first kappa shape index (κ1) is 15.8. The summed E-state index contributed by atoms with van der Waals surface area (Å²) in [6.45, 7) is 2.69. The van der Waals surface area contributed by atoms with Crippen LogP contribution in [0.1, 0.15) is 32.1 Å². The molecule has 1 aromatic rings. The topological polar surface area (TPSA) is 35.9 Å². The van der Waals surface area contributed by atoms with Crippen molar-refractivity contribution in [3.8, 4) is 0 Å². The van der Waals surface area contributed by atoms with Crippen molar-refractivity contribution in [3.05, 3.63) is 28.2 Å². The molecule has 2 saturated heterocycles. The van der Waals surface area contributed by atoms with Crippen LogP contribution in [-0.2, 0) is 4.79 Å². The second kappa shape index (κ2) is 6.99. The number of halogens is 2. The highest BCUT2D eigenvalue weighted by Gasteiger charge is 2.28. The van der Waals surface area contributed by atoms with Crippen molar-refractivity contribution < 1.29 is 4.79 Å². The summed E-state index contributed by atoms with van der Waals surface area (Å²) in [5.74, 6) is 0.136. The van der Waals surface area contributed by atoms with Gasteiger partial charge < -0.3 is 0 Å². The predicted octanol–water partition coefficient (Wildman–Crippen LogP) is 4.09. The van der Waals surface area contributed by atoms with E-state index in [9.17, 15) is 4.79 Å². The molecule has 1 amide bonds. The minimum atomic E-state index is 0.136. The van der Waals surface area contributed by atoms with Crippen LogP contribution in [-0.4, -0.2) is 41.3 Å². The molecular weight excluding hydrogens is 321 g/mol. The highest BCUT2D eigenvalue weighted by molar-refractivity contribution is 6.36. The van der Waals surface area contributed by atoms with Gasteiger partial charge in [-0.2, -0.15) is 0 Å². The number of carbonyl (C=O) groups excluding carboxylic acids is 1. The third kappa shape index (κ3) is 3.62. The molecule has 0 aliphatic carbocycles. The van der Waals surface area contributed by atoms with E-state index in [0.29, 0.717) is 28.7 Å². The second-order valence-electron chi connectivity index (χ2n) is 5.73. The first-order valence-corrected chi connectivity index (χ1v) is 8.46. The quantitative estimate of drug-likeness (QED) is 0.813. The molecule has 2 aliphatic rings. The van der Waals surface area contributed by atoms with Crippen molar-refractivity contribution in [2.45, 2.75) is 32.1 Å². The first-order valence-electron chi connectivity index (χ1n) is 7.70. The van der Waals surface area contributed by atoms with Gasteiger partial charge in [0, 0.05) is 36.8 Å². The van der Waals surface area contributed by atoms with Crippen LogP contribution in [0, 0.1) is 0 Å². The molecule has 2 fully saturated rings. The van der Waals surface area contributed by atoms with Crippen LogP contribution in [0.15, 0.2) is 23.2 Å². The maximum atomic E-state index is 12.4. The minimum absolute atomic E-state index is 0.136. The molecule has 2 aliphatic heterocycles. The number of hydrogen-bond acceptors (Lipinski definition) is 3. The van der Waals surface area contributed by atoms with E-state index in [1.54, 1.807) is 18.2 Å². The molecule has 0 unspecified atom stereocenters. The zero-order valence-corrected chi connectivity index (χ0v) is 13.9. The Bertz CT molecular complexity index is 597. The van der Waals surface area contributed by atoms with E-state index in [1.807, 2.05) is 5.01 Å². The maximum Gasteiger partial charge on any atom is 0.242 e. The number of aliphatic imine (C=N–C) groups is 1. The van der Waals surface area contributed by atoms with Gasteiger partial charge in [0.2, 0.25) is 5.91 Å². The van der Waals surface area contributed by atoms with Gasteiger partial charge in [-0.1, -0.05) is 29.6 Å². The summed E-state index contributed by atoms with van der Waals surface area (Å²) in [7, 11) is 0. The van der Waals surface area contributed by atoms with Crippen molar-refractivity contribution in [2.24, 2.45) is 4.99 Å². The summed E-state index contributed by atoms with van der Waals surface area (Å²) < 4.78 is 0. The molecule has 0 bridgehead atoms. The lowest BCUT2D eigenvalue weighted by Crippen LogP contribution is -2.52. The van der Waals surface area contributed by atoms with Crippen LogP contribution < -0.4 is 0 Å². The van der Waals surface area contributed by atoms with E-state index in [0.717, 1.165) is 25.2 Å². The first-order chi connectivity index (χ1) is 10.6. The van der Waals surface area contributed by atoms with E-state index >= 15 is 0 Å². The number of rotatable bonds is 2. The Morgan fingerprint density at radius 3 is 2.50 bits per heavy atom. The fourth-order valence-corrected chi connectivity index (χ4v) is 3.42. The predicted molar refractivity (Wildman–Crippen MR) is 89.9 cm³/mol. The third-order valence-electron chi connectivity index (χ3n) is 4.12. The maximum absolute atomic E-state index is 12.4. The molecule has 6 heteroatoms. The van der Waals surface area contributed by atoms with Crippen LogP contribution in [0.4, 0.5) is 5.69 Å². The highest BCUT2D eigenvalue weighted by atomic mass is 35.5. The molecule has 0 aromatic heterocycles. The van der Waals surface area contributed by atoms with Crippen LogP contribution in [0.3, 0.4) is 0 Å². The van der Waals surface area contributed by atoms with Crippen LogP contribution in [0.5, 0.6) is 0 Å². The summed E-state index contributed by atoms with van der Waals surface area (Å²) in [4.78, 5) is 16.9. The number of amides is 1. The molecule has 22 heavy (non-hydrogen) atoms. The number of hydrogen-bond donors (Lipinski definition) is 0. The van der Waals surface area contributed by atoms with Gasteiger partial charge in [-0.25, -0.2) is 5.01 Å². The lowest BCUT2D eigenvalue weighted by Gasteiger charge is -2.39. The van der Waals surface area contributed by atoms with E-state index in [2.05, 4.69) is 10.0 Å². The van der Waals surface area contributed by atoms with Crippen molar-refractivity contribution in [2.75, 3.05) is 19.6 Å². The van der Waals surface area contributed by atoms with Crippen LogP contribution >= 0.6 is 23.2 Å². The zero-order valence-electron chi connectivity index (χ0n) is 12.4. The van der Waals surface area contributed by atoms with Crippen molar-refractivity contribution in [3.63, 3.8) is 0 Å². The van der Waals surface area contributed by atoms with Gasteiger partial charge in [-0.05, 0) is 31.0 Å². The monoisotopic (exact) mass is 339 g/mol. The van der Waals surface area contributed by atoms with Crippen LogP contribution in [0.2, 0.25) is 10.0 Å².